The molecule has 0 amide bonds. The maximum Gasteiger partial charge on any atom is 0.167 e. The molecule has 1 aromatic carbocycles. The normalized spacial score (nSPS) is 10.8. The van der Waals surface area contributed by atoms with Gasteiger partial charge in [-0.15, -0.1) is 0 Å². The average Bonchev–Trinajstić information content (AvgIpc) is 2.31. The van der Waals surface area contributed by atoms with Crippen molar-refractivity contribution >= 4 is 17.5 Å². The van der Waals surface area contributed by atoms with Gasteiger partial charge in [-0.25, -0.2) is 0 Å². The molecule has 0 N–H and O–H groups in total. The molecule has 0 atom stereocenters. The van der Waals surface area contributed by atoms with Crippen molar-refractivity contribution in [1.82, 2.24) is 0 Å². The molecular formula is C15H22O2S. The molecule has 0 radical (unpaired) electrons. The summed E-state index contributed by atoms with van der Waals surface area (Å²) in [5.41, 5.74) is 3.00. The van der Waals surface area contributed by atoms with E-state index in [0.29, 0.717) is 23.0 Å². The van der Waals surface area contributed by atoms with Gasteiger partial charge in [0.2, 0.25) is 0 Å². The zero-order valence-electron chi connectivity index (χ0n) is 11.9. The zero-order valence-corrected chi connectivity index (χ0v) is 12.7. The second kappa shape index (κ2) is 6.83. The molecule has 100 valence electrons. The van der Waals surface area contributed by atoms with Gasteiger partial charge in [0.1, 0.15) is 5.75 Å². The number of hydrogen-bond donors (Lipinski definition) is 0. The number of rotatable bonds is 6. The van der Waals surface area contributed by atoms with E-state index in [4.69, 9.17) is 4.74 Å². The topological polar surface area (TPSA) is 26.3 Å². The van der Waals surface area contributed by atoms with Crippen LogP contribution in [0.3, 0.4) is 0 Å². The van der Waals surface area contributed by atoms with Crippen molar-refractivity contribution in [2.75, 3.05) is 12.9 Å². The van der Waals surface area contributed by atoms with Crippen LogP contribution in [0.5, 0.6) is 5.75 Å². The molecule has 0 aliphatic heterocycles. The highest BCUT2D eigenvalue weighted by molar-refractivity contribution is 7.99. The zero-order chi connectivity index (χ0) is 13.7. The Morgan fingerprint density at radius 3 is 2.44 bits per heavy atom. The van der Waals surface area contributed by atoms with Crippen LogP contribution in [0.4, 0.5) is 0 Å². The maximum atomic E-state index is 12.2. The monoisotopic (exact) mass is 266 g/mol. The smallest absolute Gasteiger partial charge is 0.167 e. The van der Waals surface area contributed by atoms with E-state index in [1.165, 1.54) is 0 Å². The van der Waals surface area contributed by atoms with Gasteiger partial charge in [0.25, 0.3) is 0 Å². The van der Waals surface area contributed by atoms with Crippen LogP contribution in [0.1, 0.15) is 41.8 Å². The first kappa shape index (κ1) is 15.1. The lowest BCUT2D eigenvalue weighted by atomic mass is 10.0. The van der Waals surface area contributed by atoms with E-state index < -0.39 is 0 Å². The van der Waals surface area contributed by atoms with E-state index in [0.717, 1.165) is 16.9 Å². The molecule has 0 spiro atoms. The van der Waals surface area contributed by atoms with Gasteiger partial charge in [-0.1, -0.05) is 13.8 Å². The number of ketones is 1. The summed E-state index contributed by atoms with van der Waals surface area (Å²) < 4.78 is 5.30. The fourth-order valence-electron chi connectivity index (χ4n) is 1.70. The van der Waals surface area contributed by atoms with E-state index in [2.05, 4.69) is 13.8 Å². The summed E-state index contributed by atoms with van der Waals surface area (Å²) in [4.78, 5) is 12.2. The number of methoxy groups -OCH3 is 1. The van der Waals surface area contributed by atoms with Crippen LogP contribution in [-0.4, -0.2) is 23.9 Å². The van der Waals surface area contributed by atoms with Gasteiger partial charge in [0.15, 0.2) is 5.78 Å². The highest BCUT2D eigenvalue weighted by atomic mass is 32.2. The van der Waals surface area contributed by atoms with Crippen molar-refractivity contribution in [3.05, 3.63) is 28.8 Å². The Kier molecular flexibility index (Phi) is 5.73. The van der Waals surface area contributed by atoms with Crippen LogP contribution in [0.2, 0.25) is 0 Å². The number of Topliss-reactive ketones (excluding diaryl/α,β-unsaturated/α-hetero) is 1. The largest absolute Gasteiger partial charge is 0.496 e. The summed E-state index contributed by atoms with van der Waals surface area (Å²) in [6, 6.07) is 3.88. The Hall–Kier alpha value is -0.960. The second-order valence-corrected chi connectivity index (χ2v) is 6.41. The predicted octanol–water partition coefficient (Wildman–Crippen LogP) is 4.03. The van der Waals surface area contributed by atoms with Crippen molar-refractivity contribution in [2.45, 2.75) is 39.4 Å². The van der Waals surface area contributed by atoms with Gasteiger partial charge >= 0.3 is 0 Å². The first-order valence-corrected chi connectivity index (χ1v) is 7.30. The van der Waals surface area contributed by atoms with Crippen LogP contribution >= 0.6 is 11.8 Å². The Morgan fingerprint density at radius 2 is 1.89 bits per heavy atom. The van der Waals surface area contributed by atoms with E-state index in [9.17, 15) is 4.79 Å². The number of carbonyl (C=O) groups is 1. The van der Waals surface area contributed by atoms with E-state index in [1.54, 1.807) is 7.11 Å². The summed E-state index contributed by atoms with van der Waals surface area (Å²) >= 11 is 1.81. The molecule has 3 heteroatoms. The van der Waals surface area contributed by atoms with Gasteiger partial charge in [0, 0.05) is 12.2 Å². The number of hydrogen-bond acceptors (Lipinski definition) is 3. The molecule has 1 aromatic rings. The van der Waals surface area contributed by atoms with Crippen LogP contribution < -0.4 is 4.74 Å². The molecule has 0 saturated heterocycles. The fourth-order valence-corrected chi connectivity index (χ4v) is 2.47. The average molecular weight is 266 g/mol. The van der Waals surface area contributed by atoms with Crippen LogP contribution in [0.15, 0.2) is 12.1 Å². The van der Waals surface area contributed by atoms with E-state index in [-0.39, 0.29) is 5.78 Å². The Labute approximate surface area is 114 Å². The molecule has 0 bridgehead atoms. The molecule has 18 heavy (non-hydrogen) atoms. The first-order chi connectivity index (χ1) is 8.45. The minimum atomic E-state index is 0.170. The van der Waals surface area contributed by atoms with E-state index >= 15 is 0 Å². The summed E-state index contributed by atoms with van der Waals surface area (Å²) in [5, 5.41) is 0.569. The Balaban J connectivity index is 2.81. The van der Waals surface area contributed by atoms with Crippen molar-refractivity contribution in [3.63, 3.8) is 0 Å². The number of carbonyl (C=O) groups excluding carboxylic acids is 1. The van der Waals surface area contributed by atoms with Crippen molar-refractivity contribution in [3.8, 4) is 5.75 Å². The number of benzene rings is 1. The van der Waals surface area contributed by atoms with Gasteiger partial charge in [-0.2, -0.15) is 11.8 Å². The molecule has 1 rings (SSSR count). The van der Waals surface area contributed by atoms with Crippen LogP contribution in [0, 0.1) is 13.8 Å². The van der Waals surface area contributed by atoms with Gasteiger partial charge in [0.05, 0.1) is 12.7 Å². The SMILES string of the molecule is COc1cc(C)c(C)cc1C(=O)CCSC(C)C. The number of thioether (sulfide) groups is 1. The minimum absolute atomic E-state index is 0.170. The highest BCUT2D eigenvalue weighted by Crippen LogP contribution is 2.25. The third kappa shape index (κ3) is 4.05. The summed E-state index contributed by atoms with van der Waals surface area (Å²) in [6.07, 6.45) is 0.571. The molecule has 0 aliphatic carbocycles. The molecule has 0 unspecified atom stereocenters. The molecule has 0 fully saturated rings. The lowest BCUT2D eigenvalue weighted by molar-refractivity contribution is 0.0986. The summed E-state index contributed by atoms with van der Waals surface area (Å²) in [7, 11) is 1.61. The van der Waals surface area contributed by atoms with Gasteiger partial charge in [-0.3, -0.25) is 4.79 Å². The van der Waals surface area contributed by atoms with Crippen molar-refractivity contribution in [2.24, 2.45) is 0 Å². The third-order valence-electron chi connectivity index (χ3n) is 2.90. The molecule has 2 nitrogen and oxygen atoms in total. The molecule has 0 aliphatic rings. The minimum Gasteiger partial charge on any atom is -0.496 e. The van der Waals surface area contributed by atoms with Crippen LogP contribution in [-0.2, 0) is 0 Å². The Bertz CT molecular complexity index is 425. The first-order valence-electron chi connectivity index (χ1n) is 6.25. The molecular weight excluding hydrogens is 244 g/mol. The van der Waals surface area contributed by atoms with E-state index in [1.807, 2.05) is 37.7 Å². The predicted molar refractivity (Wildman–Crippen MR) is 79.0 cm³/mol. The quantitative estimate of drug-likeness (QED) is 0.727. The Morgan fingerprint density at radius 1 is 1.28 bits per heavy atom. The standard InChI is InChI=1S/C15H22O2S/c1-10(2)18-7-6-14(16)13-8-11(3)12(4)9-15(13)17-5/h8-10H,6-7H2,1-5H3. The third-order valence-corrected chi connectivity index (χ3v) is 4.00. The summed E-state index contributed by atoms with van der Waals surface area (Å²) in [5.74, 6) is 1.73. The fraction of sp³-hybridized carbons (Fsp3) is 0.533. The second-order valence-electron chi connectivity index (χ2n) is 4.73. The number of aryl methyl sites for hydroxylation is 2. The lowest BCUT2D eigenvalue weighted by Crippen LogP contribution is -2.05. The molecule has 0 heterocycles. The van der Waals surface area contributed by atoms with Crippen LogP contribution in [0.25, 0.3) is 0 Å². The highest BCUT2D eigenvalue weighted by Gasteiger charge is 2.13. The van der Waals surface area contributed by atoms with Gasteiger partial charge in [-0.05, 0) is 42.4 Å². The maximum absolute atomic E-state index is 12.2. The number of ether oxygens (including phenoxy) is 1. The molecule has 0 saturated carbocycles. The lowest BCUT2D eigenvalue weighted by Gasteiger charge is -2.11. The molecule has 0 aromatic heterocycles. The van der Waals surface area contributed by atoms with Gasteiger partial charge < -0.3 is 4.74 Å². The van der Waals surface area contributed by atoms with Crippen molar-refractivity contribution < 1.29 is 9.53 Å². The summed E-state index contributed by atoms with van der Waals surface area (Å²) in [6.45, 7) is 8.34. The van der Waals surface area contributed by atoms with Crippen molar-refractivity contribution in [1.29, 1.82) is 0 Å².